The summed E-state index contributed by atoms with van der Waals surface area (Å²) in [6, 6.07) is 7.00. The number of fused-ring (bicyclic) bond motifs is 1. The van der Waals surface area contributed by atoms with Crippen molar-refractivity contribution < 1.29 is 9.59 Å². The van der Waals surface area contributed by atoms with E-state index in [0.717, 1.165) is 24.6 Å². The van der Waals surface area contributed by atoms with Gasteiger partial charge in [-0.05, 0) is 40.9 Å². The van der Waals surface area contributed by atoms with E-state index in [0.29, 0.717) is 16.2 Å². The number of benzene rings is 1. The van der Waals surface area contributed by atoms with Gasteiger partial charge in [-0.2, -0.15) is 0 Å². The Morgan fingerprint density at radius 2 is 1.96 bits per heavy atom. The molecule has 1 aromatic carbocycles. The van der Waals surface area contributed by atoms with Crippen molar-refractivity contribution in [1.82, 2.24) is 9.88 Å². The number of amides is 2. The van der Waals surface area contributed by atoms with Crippen LogP contribution in [-0.4, -0.2) is 22.4 Å². The van der Waals surface area contributed by atoms with Gasteiger partial charge in [0.05, 0.1) is 22.5 Å². The van der Waals surface area contributed by atoms with Crippen molar-refractivity contribution in [3.63, 3.8) is 0 Å². The first-order valence-electron chi connectivity index (χ1n) is 7.44. The van der Waals surface area contributed by atoms with Crippen LogP contribution in [0.1, 0.15) is 33.6 Å². The average molecular weight is 389 g/mol. The number of imide groups is 1. The standard InChI is InChI=1S/C16H13BrN4O3/c17-9-2-1-3-10(19-7-4-5-7)13(9)21-11(22)6-8-12(14(21)18)16(24)20-15(8)23/h1-3,6-7,19H,4-5,18H2,(H,20,23,24). The van der Waals surface area contributed by atoms with Crippen molar-refractivity contribution in [3.8, 4) is 5.69 Å². The van der Waals surface area contributed by atoms with Crippen LogP contribution < -0.4 is 21.9 Å². The van der Waals surface area contributed by atoms with Crippen LogP contribution >= 0.6 is 15.9 Å². The summed E-state index contributed by atoms with van der Waals surface area (Å²) in [5.41, 5.74) is 6.96. The van der Waals surface area contributed by atoms with Crippen LogP contribution in [0.4, 0.5) is 11.5 Å². The predicted molar refractivity (Wildman–Crippen MR) is 92.6 cm³/mol. The van der Waals surface area contributed by atoms with Crippen molar-refractivity contribution in [1.29, 1.82) is 0 Å². The maximum Gasteiger partial charge on any atom is 0.262 e. The summed E-state index contributed by atoms with van der Waals surface area (Å²) in [6.07, 6.45) is 2.13. The molecule has 2 heterocycles. The second-order valence-corrected chi connectivity index (χ2v) is 6.68. The van der Waals surface area contributed by atoms with Gasteiger partial charge in [-0.1, -0.05) is 6.07 Å². The van der Waals surface area contributed by atoms with Gasteiger partial charge in [-0.3, -0.25) is 24.3 Å². The molecule has 0 atom stereocenters. The first-order chi connectivity index (χ1) is 11.5. The number of rotatable bonds is 3. The first kappa shape index (κ1) is 14.9. The lowest BCUT2D eigenvalue weighted by molar-refractivity contribution is 0.0880. The minimum Gasteiger partial charge on any atom is -0.384 e. The lowest BCUT2D eigenvalue weighted by Crippen LogP contribution is -2.25. The van der Waals surface area contributed by atoms with E-state index in [2.05, 4.69) is 26.6 Å². The number of aromatic nitrogens is 1. The van der Waals surface area contributed by atoms with E-state index in [1.807, 2.05) is 12.1 Å². The van der Waals surface area contributed by atoms with E-state index in [1.54, 1.807) is 6.07 Å². The fraction of sp³-hybridized carbons (Fsp3) is 0.188. The molecule has 0 radical (unpaired) electrons. The lowest BCUT2D eigenvalue weighted by Gasteiger charge is -2.18. The van der Waals surface area contributed by atoms with Crippen LogP contribution in [0, 0.1) is 0 Å². The number of nitrogen functional groups attached to an aromatic ring is 1. The van der Waals surface area contributed by atoms with Gasteiger partial charge >= 0.3 is 0 Å². The van der Waals surface area contributed by atoms with E-state index in [9.17, 15) is 14.4 Å². The average Bonchev–Trinajstić information content (AvgIpc) is 3.28. The van der Waals surface area contributed by atoms with Gasteiger partial charge in [-0.25, -0.2) is 0 Å². The largest absolute Gasteiger partial charge is 0.384 e. The number of nitrogens with two attached hydrogens (primary N) is 1. The third-order valence-corrected chi connectivity index (χ3v) is 4.74. The molecule has 2 aromatic rings. The van der Waals surface area contributed by atoms with Crippen LogP contribution in [0.3, 0.4) is 0 Å². The quantitative estimate of drug-likeness (QED) is 0.692. The van der Waals surface area contributed by atoms with Gasteiger partial charge in [0.25, 0.3) is 17.4 Å². The summed E-state index contributed by atoms with van der Waals surface area (Å²) in [6.45, 7) is 0. The lowest BCUT2D eigenvalue weighted by atomic mass is 10.1. The number of pyridine rings is 1. The molecule has 1 saturated carbocycles. The number of carbonyl (C=O) groups is 2. The van der Waals surface area contributed by atoms with E-state index in [1.165, 1.54) is 4.57 Å². The molecule has 24 heavy (non-hydrogen) atoms. The fourth-order valence-corrected chi connectivity index (χ4v) is 3.36. The molecule has 0 unspecified atom stereocenters. The SMILES string of the molecule is Nc1c2c(cc(=O)n1-c1c(Br)cccc1NC1CC1)C(=O)NC2=O. The predicted octanol–water partition coefficient (Wildman–Crippen LogP) is 1.64. The number of hydrogen-bond acceptors (Lipinski definition) is 5. The molecule has 8 heteroatoms. The Kier molecular flexibility index (Phi) is 3.24. The van der Waals surface area contributed by atoms with Gasteiger partial charge in [0.2, 0.25) is 0 Å². The fourth-order valence-electron chi connectivity index (χ4n) is 2.82. The summed E-state index contributed by atoms with van der Waals surface area (Å²) in [5.74, 6) is -1.24. The Bertz CT molecular complexity index is 963. The topological polar surface area (TPSA) is 106 Å². The monoisotopic (exact) mass is 388 g/mol. The number of para-hydroxylation sites is 1. The number of anilines is 2. The smallest absolute Gasteiger partial charge is 0.262 e. The normalized spacial score (nSPS) is 16.0. The zero-order chi connectivity index (χ0) is 17.0. The second-order valence-electron chi connectivity index (χ2n) is 5.83. The van der Waals surface area contributed by atoms with Crippen molar-refractivity contribution in [2.45, 2.75) is 18.9 Å². The molecule has 2 aliphatic rings. The number of nitrogens with zero attached hydrogens (tertiary/aromatic N) is 1. The molecule has 4 N–H and O–H groups in total. The summed E-state index contributed by atoms with van der Waals surface area (Å²) >= 11 is 3.45. The van der Waals surface area contributed by atoms with Gasteiger partial charge in [0.15, 0.2) is 0 Å². The molecule has 1 aliphatic carbocycles. The molecule has 0 saturated heterocycles. The minimum atomic E-state index is -0.602. The van der Waals surface area contributed by atoms with Crippen LogP contribution in [0.25, 0.3) is 5.69 Å². The Hall–Kier alpha value is -2.61. The Balaban J connectivity index is 1.99. The third-order valence-electron chi connectivity index (χ3n) is 4.10. The zero-order valence-corrected chi connectivity index (χ0v) is 14.0. The van der Waals surface area contributed by atoms with Crippen molar-refractivity contribution >= 4 is 39.2 Å². The Labute approximate surface area is 145 Å². The Morgan fingerprint density at radius 1 is 1.21 bits per heavy atom. The molecule has 1 aliphatic heterocycles. The van der Waals surface area contributed by atoms with Gasteiger partial charge < -0.3 is 11.1 Å². The summed E-state index contributed by atoms with van der Waals surface area (Å²) in [4.78, 5) is 36.4. The van der Waals surface area contributed by atoms with Crippen LogP contribution in [-0.2, 0) is 0 Å². The zero-order valence-electron chi connectivity index (χ0n) is 12.4. The Morgan fingerprint density at radius 3 is 2.67 bits per heavy atom. The highest BCUT2D eigenvalue weighted by Gasteiger charge is 2.33. The van der Waals surface area contributed by atoms with Gasteiger partial charge in [0, 0.05) is 16.6 Å². The highest BCUT2D eigenvalue weighted by Crippen LogP contribution is 2.34. The molecular formula is C16H13BrN4O3. The molecule has 2 amide bonds. The minimum absolute atomic E-state index is 0.0162. The molecular weight excluding hydrogens is 376 g/mol. The molecule has 1 fully saturated rings. The van der Waals surface area contributed by atoms with Crippen LogP contribution in [0.15, 0.2) is 33.5 Å². The maximum absolute atomic E-state index is 12.6. The van der Waals surface area contributed by atoms with Crippen LogP contribution in [0.2, 0.25) is 0 Å². The molecule has 122 valence electrons. The molecule has 1 aromatic heterocycles. The second kappa shape index (κ2) is 5.20. The van der Waals surface area contributed by atoms with Crippen LogP contribution in [0.5, 0.6) is 0 Å². The summed E-state index contributed by atoms with van der Waals surface area (Å²) in [5, 5.41) is 5.52. The highest BCUT2D eigenvalue weighted by atomic mass is 79.9. The van der Waals surface area contributed by atoms with E-state index < -0.39 is 17.4 Å². The van der Waals surface area contributed by atoms with Crippen molar-refractivity contribution in [2.75, 3.05) is 11.1 Å². The van der Waals surface area contributed by atoms with Crippen molar-refractivity contribution in [3.05, 3.63) is 50.2 Å². The summed E-state index contributed by atoms with van der Waals surface area (Å²) in [7, 11) is 0. The highest BCUT2D eigenvalue weighted by molar-refractivity contribution is 9.10. The maximum atomic E-state index is 12.6. The van der Waals surface area contributed by atoms with E-state index >= 15 is 0 Å². The van der Waals surface area contributed by atoms with Gasteiger partial charge in [-0.15, -0.1) is 0 Å². The molecule has 4 rings (SSSR count). The molecule has 0 bridgehead atoms. The van der Waals surface area contributed by atoms with Gasteiger partial charge in [0.1, 0.15) is 5.82 Å². The molecule has 7 nitrogen and oxygen atoms in total. The number of hydrogen-bond donors (Lipinski definition) is 3. The number of carbonyl (C=O) groups excluding carboxylic acids is 2. The van der Waals surface area contributed by atoms with E-state index in [4.69, 9.17) is 5.73 Å². The number of halogens is 1. The third kappa shape index (κ3) is 2.22. The van der Waals surface area contributed by atoms with Crippen molar-refractivity contribution in [2.24, 2.45) is 0 Å². The van der Waals surface area contributed by atoms with E-state index in [-0.39, 0.29) is 16.9 Å². The molecule has 0 spiro atoms. The summed E-state index contributed by atoms with van der Waals surface area (Å²) < 4.78 is 1.91. The first-order valence-corrected chi connectivity index (χ1v) is 8.23. The number of nitrogens with one attached hydrogen (secondary N) is 2.